The molecule has 0 rings (SSSR count). The summed E-state index contributed by atoms with van der Waals surface area (Å²) in [4.78, 5) is 22.5. The van der Waals surface area contributed by atoms with Gasteiger partial charge >= 0.3 is 12.0 Å². The Bertz CT molecular complexity index is 315. The van der Waals surface area contributed by atoms with Gasteiger partial charge in [0.1, 0.15) is 0 Å². The molecule has 0 aromatic rings. The van der Waals surface area contributed by atoms with Crippen LogP contribution in [0.15, 0.2) is 0 Å². The van der Waals surface area contributed by atoms with E-state index in [4.69, 9.17) is 14.6 Å². The number of nitrogens with one attached hydrogen (secondary N) is 2. The standard InChI is InChI=1S/C14H28N2O5/c1-14(2,3)10-11(9-12(17)18)16-13(19)15-5-6-21-8-7-20-4/h11H,5-10H2,1-4H3,(H,17,18)(H2,15,16,19). The van der Waals surface area contributed by atoms with Gasteiger partial charge in [-0.05, 0) is 11.8 Å². The summed E-state index contributed by atoms with van der Waals surface area (Å²) in [5.41, 5.74) is -0.0589. The molecule has 0 saturated carbocycles. The van der Waals surface area contributed by atoms with Crippen molar-refractivity contribution < 1.29 is 24.2 Å². The van der Waals surface area contributed by atoms with Crippen molar-refractivity contribution in [3.8, 4) is 0 Å². The first kappa shape index (κ1) is 19.7. The van der Waals surface area contributed by atoms with Crippen LogP contribution in [-0.4, -0.2) is 56.6 Å². The first-order chi connectivity index (χ1) is 9.74. The monoisotopic (exact) mass is 304 g/mol. The average molecular weight is 304 g/mol. The van der Waals surface area contributed by atoms with Gasteiger partial charge in [-0.15, -0.1) is 0 Å². The SMILES string of the molecule is COCCOCCNC(=O)NC(CC(=O)O)CC(C)(C)C. The van der Waals surface area contributed by atoms with Crippen molar-refractivity contribution in [1.29, 1.82) is 0 Å². The summed E-state index contributed by atoms with van der Waals surface area (Å²) in [7, 11) is 1.59. The van der Waals surface area contributed by atoms with Crippen LogP contribution in [0.25, 0.3) is 0 Å². The molecule has 0 spiro atoms. The third-order valence-electron chi connectivity index (χ3n) is 2.58. The fourth-order valence-corrected chi connectivity index (χ4v) is 1.84. The zero-order valence-corrected chi connectivity index (χ0v) is 13.4. The summed E-state index contributed by atoms with van der Waals surface area (Å²) >= 11 is 0. The number of carboxylic acid groups (broad SMARTS) is 1. The Hall–Kier alpha value is -1.34. The van der Waals surface area contributed by atoms with E-state index >= 15 is 0 Å². The summed E-state index contributed by atoms with van der Waals surface area (Å²) in [6.45, 7) is 7.76. The van der Waals surface area contributed by atoms with Crippen LogP contribution >= 0.6 is 0 Å². The number of hydrogen-bond acceptors (Lipinski definition) is 4. The lowest BCUT2D eigenvalue weighted by Crippen LogP contribution is -2.45. The number of carbonyl (C=O) groups is 2. The molecule has 0 bridgehead atoms. The molecule has 0 aromatic carbocycles. The minimum atomic E-state index is -0.924. The van der Waals surface area contributed by atoms with E-state index in [2.05, 4.69) is 10.6 Å². The van der Waals surface area contributed by atoms with E-state index in [9.17, 15) is 9.59 Å². The van der Waals surface area contributed by atoms with E-state index in [1.54, 1.807) is 7.11 Å². The number of methoxy groups -OCH3 is 1. The number of ether oxygens (including phenoxy) is 2. The van der Waals surface area contributed by atoms with Gasteiger partial charge in [-0.3, -0.25) is 4.79 Å². The molecule has 0 aliphatic heterocycles. The lowest BCUT2D eigenvalue weighted by molar-refractivity contribution is -0.137. The van der Waals surface area contributed by atoms with Crippen LogP contribution in [0, 0.1) is 5.41 Å². The summed E-state index contributed by atoms with van der Waals surface area (Å²) in [6.07, 6.45) is 0.506. The van der Waals surface area contributed by atoms with Gasteiger partial charge in [-0.1, -0.05) is 20.8 Å². The van der Waals surface area contributed by atoms with Gasteiger partial charge in [0, 0.05) is 19.7 Å². The van der Waals surface area contributed by atoms with Gasteiger partial charge in [0.25, 0.3) is 0 Å². The molecule has 3 N–H and O–H groups in total. The van der Waals surface area contributed by atoms with Crippen molar-refractivity contribution >= 4 is 12.0 Å². The van der Waals surface area contributed by atoms with Crippen LogP contribution < -0.4 is 10.6 Å². The summed E-state index contributed by atoms with van der Waals surface area (Å²) < 4.78 is 10.0. The van der Waals surface area contributed by atoms with E-state index in [0.29, 0.717) is 32.8 Å². The summed E-state index contributed by atoms with van der Waals surface area (Å²) in [5, 5.41) is 14.2. The maximum Gasteiger partial charge on any atom is 0.315 e. The fourth-order valence-electron chi connectivity index (χ4n) is 1.84. The quantitative estimate of drug-likeness (QED) is 0.527. The molecular formula is C14H28N2O5. The molecular weight excluding hydrogens is 276 g/mol. The molecule has 0 aliphatic carbocycles. The number of rotatable bonds is 10. The molecule has 2 amide bonds. The lowest BCUT2D eigenvalue weighted by Gasteiger charge is -2.25. The van der Waals surface area contributed by atoms with Crippen molar-refractivity contribution in [3.63, 3.8) is 0 Å². The Morgan fingerprint density at radius 2 is 1.86 bits per heavy atom. The highest BCUT2D eigenvalue weighted by Gasteiger charge is 2.22. The Morgan fingerprint density at radius 1 is 1.19 bits per heavy atom. The molecule has 1 atom stereocenters. The summed E-state index contributed by atoms with van der Waals surface area (Å²) in [6, 6.07) is -0.766. The van der Waals surface area contributed by atoms with Gasteiger partial charge in [-0.2, -0.15) is 0 Å². The van der Waals surface area contributed by atoms with Crippen LogP contribution in [0.4, 0.5) is 4.79 Å². The second kappa shape index (κ2) is 10.4. The van der Waals surface area contributed by atoms with E-state index in [1.807, 2.05) is 20.8 Å². The minimum Gasteiger partial charge on any atom is -0.481 e. The van der Waals surface area contributed by atoms with Crippen molar-refractivity contribution in [2.24, 2.45) is 5.41 Å². The highest BCUT2D eigenvalue weighted by molar-refractivity contribution is 5.75. The Morgan fingerprint density at radius 3 is 2.38 bits per heavy atom. The van der Waals surface area contributed by atoms with Gasteiger partial charge in [-0.25, -0.2) is 4.79 Å². The van der Waals surface area contributed by atoms with Crippen molar-refractivity contribution in [3.05, 3.63) is 0 Å². The van der Waals surface area contributed by atoms with Crippen molar-refractivity contribution in [2.75, 3.05) is 33.5 Å². The first-order valence-corrected chi connectivity index (χ1v) is 7.07. The van der Waals surface area contributed by atoms with Gasteiger partial charge < -0.3 is 25.2 Å². The maximum atomic E-state index is 11.7. The second-order valence-electron chi connectivity index (χ2n) is 6.06. The third-order valence-corrected chi connectivity index (χ3v) is 2.58. The molecule has 0 saturated heterocycles. The highest BCUT2D eigenvalue weighted by atomic mass is 16.5. The number of carbonyl (C=O) groups excluding carboxylic acids is 1. The van der Waals surface area contributed by atoms with E-state index in [-0.39, 0.29) is 17.9 Å². The molecule has 0 radical (unpaired) electrons. The summed E-state index contributed by atoms with van der Waals surface area (Å²) in [5.74, 6) is -0.924. The molecule has 0 aromatic heterocycles. The van der Waals surface area contributed by atoms with Crippen molar-refractivity contribution in [1.82, 2.24) is 10.6 Å². The molecule has 0 heterocycles. The average Bonchev–Trinajstić information content (AvgIpc) is 2.30. The topological polar surface area (TPSA) is 96.9 Å². The Balaban J connectivity index is 4.01. The molecule has 21 heavy (non-hydrogen) atoms. The molecule has 124 valence electrons. The predicted molar refractivity (Wildman–Crippen MR) is 79.3 cm³/mol. The van der Waals surface area contributed by atoms with E-state index in [1.165, 1.54) is 0 Å². The van der Waals surface area contributed by atoms with Gasteiger partial charge in [0.15, 0.2) is 0 Å². The zero-order chi connectivity index (χ0) is 16.3. The number of aliphatic carboxylic acids is 1. The largest absolute Gasteiger partial charge is 0.481 e. The Kier molecular flexibility index (Phi) is 9.73. The first-order valence-electron chi connectivity index (χ1n) is 7.07. The van der Waals surface area contributed by atoms with Crippen LogP contribution in [0.2, 0.25) is 0 Å². The van der Waals surface area contributed by atoms with Gasteiger partial charge in [0.05, 0.1) is 26.2 Å². The molecule has 7 nitrogen and oxygen atoms in total. The van der Waals surface area contributed by atoms with Crippen LogP contribution in [0.1, 0.15) is 33.6 Å². The zero-order valence-electron chi connectivity index (χ0n) is 13.4. The fraction of sp³-hybridized carbons (Fsp3) is 0.857. The van der Waals surface area contributed by atoms with E-state index in [0.717, 1.165) is 0 Å². The molecule has 0 aliphatic rings. The minimum absolute atomic E-state index is 0.0589. The van der Waals surface area contributed by atoms with Crippen LogP contribution in [0.3, 0.4) is 0 Å². The maximum absolute atomic E-state index is 11.7. The molecule has 0 fully saturated rings. The van der Waals surface area contributed by atoms with Crippen LogP contribution in [-0.2, 0) is 14.3 Å². The lowest BCUT2D eigenvalue weighted by atomic mass is 9.87. The van der Waals surface area contributed by atoms with Crippen LogP contribution in [0.5, 0.6) is 0 Å². The van der Waals surface area contributed by atoms with E-state index < -0.39 is 12.0 Å². The normalized spacial score (nSPS) is 12.8. The van der Waals surface area contributed by atoms with Gasteiger partial charge in [0.2, 0.25) is 0 Å². The number of carboxylic acids is 1. The number of urea groups is 1. The van der Waals surface area contributed by atoms with Crippen molar-refractivity contribution in [2.45, 2.75) is 39.7 Å². The number of amides is 2. The molecule has 1 unspecified atom stereocenters. The number of hydrogen-bond donors (Lipinski definition) is 3. The second-order valence-corrected chi connectivity index (χ2v) is 6.06. The smallest absolute Gasteiger partial charge is 0.315 e. The molecule has 7 heteroatoms. The third kappa shape index (κ3) is 13.4. The highest BCUT2D eigenvalue weighted by Crippen LogP contribution is 2.22. The predicted octanol–water partition coefficient (Wildman–Crippen LogP) is 1.23. The Labute approximate surface area is 126 Å².